The van der Waals surface area contributed by atoms with Crippen LogP contribution in [-0.2, 0) is 4.79 Å². The van der Waals surface area contributed by atoms with Crippen LogP contribution in [0.1, 0.15) is 22.0 Å². The van der Waals surface area contributed by atoms with Gasteiger partial charge in [0.15, 0.2) is 0 Å². The fourth-order valence-corrected chi connectivity index (χ4v) is 3.46. The molecule has 2 aromatic carbocycles. The smallest absolute Gasteiger partial charge is 0.335 e. The molecule has 2 aliphatic heterocycles. The summed E-state index contributed by atoms with van der Waals surface area (Å²) in [5.41, 5.74) is 2.76. The normalized spacial score (nSPS) is 19.2. The molecule has 2 aliphatic rings. The molecule has 7 heteroatoms. The van der Waals surface area contributed by atoms with Gasteiger partial charge in [-0.15, -0.1) is 0 Å². The minimum absolute atomic E-state index is 0.152. The zero-order valence-electron chi connectivity index (χ0n) is 14.5. The van der Waals surface area contributed by atoms with Gasteiger partial charge in [0.05, 0.1) is 29.4 Å². The van der Waals surface area contributed by atoms with Gasteiger partial charge >= 0.3 is 12.0 Å². The molecule has 27 heavy (non-hydrogen) atoms. The molecule has 7 nitrogen and oxygen atoms in total. The van der Waals surface area contributed by atoms with Crippen LogP contribution in [0.5, 0.6) is 0 Å². The molecule has 0 radical (unpaired) electrons. The Morgan fingerprint density at radius 1 is 1.07 bits per heavy atom. The van der Waals surface area contributed by atoms with Crippen molar-refractivity contribution in [2.45, 2.75) is 6.04 Å². The number of rotatable bonds is 3. The topological polar surface area (TPSA) is 90.0 Å². The number of urea groups is 1. The third-order valence-corrected chi connectivity index (χ3v) is 4.92. The van der Waals surface area contributed by atoms with Gasteiger partial charge in [0.2, 0.25) is 0 Å². The number of hydrogen-bond donors (Lipinski definition) is 2. The second-order valence-electron chi connectivity index (χ2n) is 6.46. The summed E-state index contributed by atoms with van der Waals surface area (Å²) < 4.78 is 0. The van der Waals surface area contributed by atoms with Crippen LogP contribution in [0, 0.1) is 0 Å². The number of hydrogen-bond acceptors (Lipinski definition) is 3. The predicted octanol–water partition coefficient (Wildman–Crippen LogP) is 2.38. The van der Waals surface area contributed by atoms with Crippen LogP contribution in [0.3, 0.4) is 0 Å². The molecule has 0 spiro atoms. The number of aromatic carboxylic acids is 1. The van der Waals surface area contributed by atoms with Crippen molar-refractivity contribution >= 4 is 23.6 Å². The van der Waals surface area contributed by atoms with Crippen molar-refractivity contribution in [3.8, 4) is 0 Å². The lowest BCUT2D eigenvalue weighted by atomic mass is 9.96. The maximum Gasteiger partial charge on any atom is 0.335 e. The Bertz CT molecular complexity index is 966. The van der Waals surface area contributed by atoms with Crippen LogP contribution >= 0.6 is 0 Å². The third kappa shape index (κ3) is 2.73. The molecule has 0 aromatic heterocycles. The Kier molecular flexibility index (Phi) is 3.92. The van der Waals surface area contributed by atoms with Gasteiger partial charge in [-0.1, -0.05) is 30.3 Å². The number of nitrogens with zero attached hydrogens (tertiary/aromatic N) is 2. The maximum absolute atomic E-state index is 13.2. The third-order valence-electron chi connectivity index (χ3n) is 4.92. The summed E-state index contributed by atoms with van der Waals surface area (Å²) in [6.07, 6.45) is 0. The van der Waals surface area contributed by atoms with Gasteiger partial charge in [-0.2, -0.15) is 0 Å². The summed E-state index contributed by atoms with van der Waals surface area (Å²) in [5, 5.41) is 11.9. The largest absolute Gasteiger partial charge is 0.478 e. The van der Waals surface area contributed by atoms with Crippen molar-refractivity contribution < 1.29 is 19.5 Å². The van der Waals surface area contributed by atoms with Gasteiger partial charge in [-0.3, -0.25) is 9.69 Å². The maximum atomic E-state index is 13.2. The molecular formula is C20H17N3O4. The highest BCUT2D eigenvalue weighted by atomic mass is 16.4. The highest BCUT2D eigenvalue weighted by Gasteiger charge is 2.43. The van der Waals surface area contributed by atoms with Gasteiger partial charge in [-0.05, 0) is 29.8 Å². The van der Waals surface area contributed by atoms with E-state index < -0.39 is 12.0 Å². The van der Waals surface area contributed by atoms with Crippen LogP contribution in [0.15, 0.2) is 65.9 Å². The fourth-order valence-electron chi connectivity index (χ4n) is 3.46. The first-order valence-corrected chi connectivity index (χ1v) is 8.45. The summed E-state index contributed by atoms with van der Waals surface area (Å²) in [6, 6.07) is 14.7. The van der Waals surface area contributed by atoms with Crippen LogP contribution in [0.2, 0.25) is 0 Å². The second kappa shape index (κ2) is 6.28. The molecule has 2 N–H and O–H groups in total. The highest BCUT2D eigenvalue weighted by molar-refractivity contribution is 6.11. The predicted molar refractivity (Wildman–Crippen MR) is 98.3 cm³/mol. The lowest BCUT2D eigenvalue weighted by molar-refractivity contribution is -0.114. The average Bonchev–Trinajstić information content (AvgIpc) is 3.03. The lowest BCUT2D eigenvalue weighted by Gasteiger charge is -2.31. The number of carboxylic acid groups (broad SMARTS) is 1. The summed E-state index contributed by atoms with van der Waals surface area (Å²) in [6.45, 7) is 0.258. The Labute approximate surface area is 155 Å². The van der Waals surface area contributed by atoms with E-state index in [1.54, 1.807) is 24.1 Å². The van der Waals surface area contributed by atoms with Crippen LogP contribution < -0.4 is 10.2 Å². The number of carboxylic acids is 1. The Hall–Kier alpha value is -3.61. The summed E-state index contributed by atoms with van der Waals surface area (Å²) in [7, 11) is 1.64. The van der Waals surface area contributed by atoms with E-state index in [4.69, 9.17) is 5.11 Å². The van der Waals surface area contributed by atoms with Crippen molar-refractivity contribution in [2.75, 3.05) is 18.5 Å². The molecule has 0 saturated heterocycles. The number of benzene rings is 2. The fraction of sp³-hybridized carbons (Fsp3) is 0.150. The van der Waals surface area contributed by atoms with Crippen molar-refractivity contribution in [3.05, 3.63) is 77.0 Å². The van der Waals surface area contributed by atoms with Crippen molar-refractivity contribution in [1.82, 2.24) is 10.2 Å². The monoisotopic (exact) mass is 363 g/mol. The number of carbonyl (C=O) groups excluding carboxylic acids is 2. The summed E-state index contributed by atoms with van der Waals surface area (Å²) >= 11 is 0. The van der Waals surface area contributed by atoms with Crippen molar-refractivity contribution in [2.24, 2.45) is 0 Å². The van der Waals surface area contributed by atoms with Gasteiger partial charge in [0.25, 0.3) is 5.91 Å². The van der Waals surface area contributed by atoms with Gasteiger partial charge in [0.1, 0.15) is 0 Å². The molecule has 136 valence electrons. The molecule has 4 rings (SSSR count). The SMILES string of the molecule is CN1C(=O)N[C@@H](c2ccccc2)C2=C1CN(c1ccc(C(=O)O)cc1)C2=O. The number of amides is 3. The van der Waals surface area contributed by atoms with E-state index in [2.05, 4.69) is 5.32 Å². The Morgan fingerprint density at radius 3 is 2.37 bits per heavy atom. The van der Waals surface area contributed by atoms with Crippen LogP contribution in [0.25, 0.3) is 0 Å². The minimum Gasteiger partial charge on any atom is -0.478 e. The molecule has 0 bridgehead atoms. The molecule has 1 atom stereocenters. The zero-order valence-corrected chi connectivity index (χ0v) is 14.5. The van der Waals surface area contributed by atoms with Gasteiger partial charge < -0.3 is 15.3 Å². The number of nitrogens with one attached hydrogen (secondary N) is 1. The van der Waals surface area contributed by atoms with E-state index in [-0.39, 0.29) is 24.0 Å². The molecule has 0 aliphatic carbocycles. The molecule has 0 unspecified atom stereocenters. The van der Waals surface area contributed by atoms with Crippen LogP contribution in [-0.4, -0.2) is 41.5 Å². The molecule has 2 aromatic rings. The van der Waals surface area contributed by atoms with Crippen molar-refractivity contribution in [3.63, 3.8) is 0 Å². The minimum atomic E-state index is -1.02. The standard InChI is InChI=1S/C20H17N3O4/c1-22-15-11-23(14-9-7-13(8-10-14)19(25)26)18(24)16(15)17(21-20(22)27)12-5-3-2-4-6-12/h2-10,17H,11H2,1H3,(H,21,27)(H,25,26)/t17-/m0/s1. The number of carbonyl (C=O) groups is 3. The Morgan fingerprint density at radius 2 is 1.74 bits per heavy atom. The summed E-state index contributed by atoms with van der Waals surface area (Å²) in [4.78, 5) is 39.6. The first-order valence-electron chi connectivity index (χ1n) is 8.45. The van der Waals surface area contributed by atoms with E-state index >= 15 is 0 Å². The van der Waals surface area contributed by atoms with Crippen molar-refractivity contribution in [1.29, 1.82) is 0 Å². The van der Waals surface area contributed by atoms with E-state index in [0.717, 1.165) is 5.56 Å². The molecule has 0 saturated carbocycles. The number of anilines is 1. The van der Waals surface area contributed by atoms with E-state index in [9.17, 15) is 14.4 Å². The van der Waals surface area contributed by atoms with E-state index in [1.807, 2.05) is 30.3 Å². The lowest BCUT2D eigenvalue weighted by Crippen LogP contribution is -2.45. The van der Waals surface area contributed by atoms with E-state index in [0.29, 0.717) is 17.0 Å². The first-order chi connectivity index (χ1) is 13.0. The highest BCUT2D eigenvalue weighted by Crippen LogP contribution is 2.37. The quantitative estimate of drug-likeness (QED) is 0.876. The number of likely N-dealkylation sites (N-methyl/N-ethyl adjacent to an activating group) is 1. The second-order valence-corrected chi connectivity index (χ2v) is 6.46. The average molecular weight is 363 g/mol. The van der Waals surface area contributed by atoms with Crippen LogP contribution in [0.4, 0.5) is 10.5 Å². The van der Waals surface area contributed by atoms with E-state index in [1.165, 1.54) is 17.0 Å². The zero-order chi connectivity index (χ0) is 19.1. The van der Waals surface area contributed by atoms with Gasteiger partial charge in [0, 0.05) is 12.7 Å². The van der Waals surface area contributed by atoms with Gasteiger partial charge in [-0.25, -0.2) is 9.59 Å². The molecule has 2 heterocycles. The Balaban J connectivity index is 1.72. The molecule has 3 amide bonds. The summed E-state index contributed by atoms with van der Waals surface area (Å²) in [5.74, 6) is -1.22. The molecular weight excluding hydrogens is 346 g/mol. The molecule has 0 fully saturated rings. The first kappa shape index (κ1) is 16.8.